The van der Waals surface area contributed by atoms with Crippen molar-refractivity contribution in [2.75, 3.05) is 57.1 Å². The second-order valence-electron chi connectivity index (χ2n) is 11.6. The van der Waals surface area contributed by atoms with Gasteiger partial charge in [0.15, 0.2) is 6.29 Å². The van der Waals surface area contributed by atoms with Gasteiger partial charge >= 0.3 is 12.2 Å². The van der Waals surface area contributed by atoms with Crippen LogP contribution in [0.4, 0.5) is 21.0 Å². The van der Waals surface area contributed by atoms with Crippen molar-refractivity contribution in [1.29, 1.82) is 0 Å². The largest absolute Gasteiger partial charge is 0.496 e. The molecule has 0 bridgehead atoms. The van der Waals surface area contributed by atoms with Gasteiger partial charge in [-0.3, -0.25) is 20.2 Å². The Morgan fingerprint density at radius 1 is 0.915 bits per heavy atom. The molecule has 47 heavy (non-hydrogen) atoms. The average molecular weight is 663 g/mol. The van der Waals surface area contributed by atoms with Crippen LogP contribution in [0.3, 0.4) is 0 Å². The minimum Gasteiger partial charge on any atom is -0.496 e. The first-order chi connectivity index (χ1) is 22.8. The maximum absolute atomic E-state index is 12.9. The topological polar surface area (TPSA) is 127 Å². The van der Waals surface area contributed by atoms with E-state index in [4.69, 9.17) is 25.8 Å². The van der Waals surface area contributed by atoms with E-state index >= 15 is 0 Å². The molecule has 3 aromatic carbocycles. The van der Waals surface area contributed by atoms with E-state index in [2.05, 4.69) is 15.5 Å². The number of hydrogen-bond acceptors (Lipinski definition) is 8. The molecule has 2 N–H and O–H groups in total. The van der Waals surface area contributed by atoms with Gasteiger partial charge in [-0.1, -0.05) is 60.1 Å². The van der Waals surface area contributed by atoms with Crippen molar-refractivity contribution < 1.29 is 33.4 Å². The average Bonchev–Trinajstić information content (AvgIpc) is 3.57. The third-order valence-electron chi connectivity index (χ3n) is 8.47. The fraction of sp³-hybridized carbons (Fsp3) is 0.371. The highest BCUT2D eigenvalue weighted by molar-refractivity contribution is 6.34. The number of carbonyl (C=O) groups excluding carboxylic acids is 4. The Bertz CT molecular complexity index is 1560. The Hall–Kier alpha value is -4.61. The molecule has 11 nitrogen and oxygen atoms in total. The number of carbonyl (C=O) groups is 4. The predicted molar refractivity (Wildman–Crippen MR) is 179 cm³/mol. The van der Waals surface area contributed by atoms with Crippen LogP contribution in [0.15, 0.2) is 66.7 Å². The second kappa shape index (κ2) is 16.3. The van der Waals surface area contributed by atoms with Crippen LogP contribution in [-0.4, -0.2) is 86.7 Å². The molecule has 0 unspecified atom stereocenters. The number of rotatable bonds is 11. The molecule has 248 valence electrons. The van der Waals surface area contributed by atoms with Crippen molar-refractivity contribution in [3.8, 4) is 16.9 Å². The first kappa shape index (κ1) is 33.7. The first-order valence-electron chi connectivity index (χ1n) is 15.7. The first-order valence-corrected chi connectivity index (χ1v) is 16.1. The Morgan fingerprint density at radius 2 is 1.64 bits per heavy atom. The molecule has 12 heteroatoms. The predicted octanol–water partition coefficient (Wildman–Crippen LogP) is 6.33. The number of ether oxygens (including phenoxy) is 3. The van der Waals surface area contributed by atoms with E-state index in [0.29, 0.717) is 50.9 Å². The quantitative estimate of drug-likeness (QED) is 0.228. The number of hydrogen-bond donors (Lipinski definition) is 2. The zero-order valence-corrected chi connectivity index (χ0v) is 27.0. The minimum absolute atomic E-state index is 0.0332. The third-order valence-corrected chi connectivity index (χ3v) is 8.78. The Kier molecular flexibility index (Phi) is 11.7. The van der Waals surface area contributed by atoms with Gasteiger partial charge in [0.25, 0.3) is 0 Å². The highest BCUT2D eigenvalue weighted by Crippen LogP contribution is 2.31. The number of amides is 3. The van der Waals surface area contributed by atoms with Gasteiger partial charge in [0.1, 0.15) is 11.9 Å². The van der Waals surface area contributed by atoms with Gasteiger partial charge in [0.05, 0.1) is 35.7 Å². The molecule has 3 aromatic rings. The van der Waals surface area contributed by atoms with Crippen LogP contribution in [0.5, 0.6) is 5.75 Å². The van der Waals surface area contributed by atoms with Crippen LogP contribution in [0, 0.1) is 5.92 Å². The van der Waals surface area contributed by atoms with E-state index in [9.17, 15) is 19.2 Å². The zero-order valence-electron chi connectivity index (χ0n) is 26.3. The van der Waals surface area contributed by atoms with Crippen molar-refractivity contribution >= 4 is 47.4 Å². The summed E-state index contributed by atoms with van der Waals surface area (Å²) in [6.07, 6.45) is 1.82. The van der Waals surface area contributed by atoms with Crippen molar-refractivity contribution in [3.63, 3.8) is 0 Å². The van der Waals surface area contributed by atoms with E-state index in [1.807, 2.05) is 59.5 Å². The van der Waals surface area contributed by atoms with Gasteiger partial charge < -0.3 is 24.0 Å². The van der Waals surface area contributed by atoms with E-state index in [1.165, 1.54) is 19.2 Å². The van der Waals surface area contributed by atoms with Crippen LogP contribution >= 0.6 is 11.6 Å². The number of benzene rings is 3. The van der Waals surface area contributed by atoms with Crippen molar-refractivity contribution in [2.24, 2.45) is 5.92 Å². The lowest BCUT2D eigenvalue weighted by molar-refractivity contribution is -0.130. The monoisotopic (exact) mass is 662 g/mol. The second-order valence-corrected chi connectivity index (χ2v) is 12.0. The lowest BCUT2D eigenvalue weighted by Crippen LogP contribution is -2.40. The van der Waals surface area contributed by atoms with Crippen LogP contribution in [-0.2, 0) is 14.3 Å². The summed E-state index contributed by atoms with van der Waals surface area (Å²) in [5, 5.41) is 5.66. The zero-order chi connectivity index (χ0) is 33.2. The molecule has 0 aliphatic carbocycles. The summed E-state index contributed by atoms with van der Waals surface area (Å²) in [6.45, 7) is 3.41. The van der Waals surface area contributed by atoms with E-state index in [0.717, 1.165) is 30.6 Å². The number of piperidine rings is 1. The highest BCUT2D eigenvalue weighted by Gasteiger charge is 2.28. The molecule has 2 aliphatic rings. The van der Waals surface area contributed by atoms with E-state index in [1.54, 1.807) is 0 Å². The van der Waals surface area contributed by atoms with Crippen LogP contribution in [0.1, 0.15) is 36.0 Å². The molecule has 3 amide bonds. The Morgan fingerprint density at radius 3 is 2.38 bits per heavy atom. The fourth-order valence-electron chi connectivity index (χ4n) is 5.88. The molecular weight excluding hydrogens is 624 g/mol. The molecule has 2 fully saturated rings. The lowest BCUT2D eigenvalue weighted by Gasteiger charge is -2.31. The normalized spacial score (nSPS) is 16.7. The van der Waals surface area contributed by atoms with Crippen LogP contribution in [0.2, 0.25) is 5.02 Å². The molecular formula is C35H39ClN4O7. The molecule has 2 saturated heterocycles. The molecule has 0 saturated carbocycles. The van der Waals surface area contributed by atoms with E-state index in [-0.39, 0.29) is 46.6 Å². The van der Waals surface area contributed by atoms with Gasteiger partial charge in [-0.2, -0.15) is 0 Å². The summed E-state index contributed by atoms with van der Waals surface area (Å²) in [7, 11) is 1.42. The van der Waals surface area contributed by atoms with Crippen molar-refractivity contribution in [2.45, 2.75) is 31.8 Å². The van der Waals surface area contributed by atoms with Gasteiger partial charge in [0, 0.05) is 56.7 Å². The smallest absolute Gasteiger partial charge is 0.411 e. The van der Waals surface area contributed by atoms with Crippen molar-refractivity contribution in [3.05, 3.63) is 77.3 Å². The Balaban J connectivity index is 0.982. The van der Waals surface area contributed by atoms with Gasteiger partial charge in [-0.05, 0) is 37.0 Å². The molecule has 1 atom stereocenters. The maximum Gasteiger partial charge on any atom is 0.411 e. The number of anilines is 2. The van der Waals surface area contributed by atoms with Gasteiger partial charge in [0.2, 0.25) is 5.91 Å². The molecule has 0 aromatic heterocycles. The van der Waals surface area contributed by atoms with Gasteiger partial charge in [-0.25, -0.2) is 9.59 Å². The lowest BCUT2D eigenvalue weighted by atomic mass is 10.0. The number of methoxy groups -OCH3 is 1. The summed E-state index contributed by atoms with van der Waals surface area (Å²) in [5.41, 5.74) is 3.18. The summed E-state index contributed by atoms with van der Waals surface area (Å²) in [5.74, 6) is 0.387. The number of para-hydroxylation sites is 1. The summed E-state index contributed by atoms with van der Waals surface area (Å²) in [4.78, 5) is 53.2. The maximum atomic E-state index is 12.9. The number of nitrogens with one attached hydrogen (secondary N) is 2. The number of halogens is 1. The number of nitrogens with zero attached hydrogens (tertiary/aromatic N) is 2. The highest BCUT2D eigenvalue weighted by atomic mass is 35.5. The van der Waals surface area contributed by atoms with E-state index < -0.39 is 12.2 Å². The number of likely N-dealkylation sites (tertiary alicyclic amines) is 2. The SMILES string of the molecule is COc1cc(NC(=O)OC[C@H]2CCN(C(=O)CCN3CCC(OC(=O)Nc4ccccc4-c4ccccc4)CC3)C2)c(Cl)cc1C=O. The fourth-order valence-corrected chi connectivity index (χ4v) is 6.10. The summed E-state index contributed by atoms with van der Waals surface area (Å²) in [6, 6.07) is 20.4. The molecule has 0 spiro atoms. The van der Waals surface area contributed by atoms with Crippen LogP contribution < -0.4 is 15.4 Å². The summed E-state index contributed by atoms with van der Waals surface area (Å²) < 4.78 is 16.3. The molecule has 2 aliphatic heterocycles. The molecule has 2 heterocycles. The Labute approximate surface area is 279 Å². The van der Waals surface area contributed by atoms with Gasteiger partial charge in [-0.15, -0.1) is 0 Å². The number of aldehydes is 1. The molecule has 0 radical (unpaired) electrons. The minimum atomic E-state index is -0.681. The summed E-state index contributed by atoms with van der Waals surface area (Å²) >= 11 is 6.17. The molecule has 5 rings (SSSR count). The standard InChI is InChI=1S/C35H39ClN4O7/c1-45-32-20-31(29(36)19-26(32)22-41)38-34(43)46-23-24-11-18-40(21-24)33(42)14-17-39-15-12-27(13-16-39)47-35(44)37-30-10-6-5-9-28(30)25-7-3-2-4-8-25/h2-10,19-20,22,24,27H,11-18,21,23H2,1H3,(H,37,44)(H,38,43)/t24-/m0/s1. The third kappa shape index (κ3) is 9.24. The van der Waals surface area contributed by atoms with Crippen LogP contribution in [0.25, 0.3) is 11.1 Å². The van der Waals surface area contributed by atoms with Crippen molar-refractivity contribution in [1.82, 2.24) is 9.80 Å².